The topological polar surface area (TPSA) is 38.3 Å². The Bertz CT molecular complexity index is 253. The normalized spacial score (nSPS) is 25.8. The molecule has 1 amide bonds. The number of cyclic esters (lactones) is 1. The minimum atomic E-state index is -1.28. The molecule has 1 fully saturated rings. The first-order chi connectivity index (χ1) is 7.28. The van der Waals surface area contributed by atoms with Crippen LogP contribution in [-0.2, 0) is 4.74 Å². The maximum atomic E-state index is 11.1. The van der Waals surface area contributed by atoms with Crippen LogP contribution in [0.5, 0.6) is 0 Å². The van der Waals surface area contributed by atoms with Gasteiger partial charge in [-0.2, -0.15) is 0 Å². The van der Waals surface area contributed by atoms with Gasteiger partial charge in [0.05, 0.1) is 6.04 Å². The highest BCUT2D eigenvalue weighted by Gasteiger charge is 2.35. The molecule has 0 radical (unpaired) electrons. The maximum absolute atomic E-state index is 11.1. The molecule has 1 rings (SSSR count). The van der Waals surface area contributed by atoms with Crippen LogP contribution in [0, 0.1) is 5.92 Å². The minimum absolute atomic E-state index is 0.0276. The van der Waals surface area contributed by atoms with E-state index in [9.17, 15) is 4.79 Å². The van der Waals surface area contributed by atoms with Crippen LogP contribution in [0.25, 0.3) is 0 Å². The Morgan fingerprint density at radius 1 is 1.44 bits per heavy atom. The van der Waals surface area contributed by atoms with Gasteiger partial charge in [0.1, 0.15) is 6.10 Å². The van der Waals surface area contributed by atoms with Crippen molar-refractivity contribution in [2.75, 3.05) is 0 Å². The fourth-order valence-corrected chi connectivity index (χ4v) is 2.11. The fraction of sp³-hybridized carbons (Fsp3) is 0.900. The number of hydrogen-bond donors (Lipinski definition) is 1. The minimum Gasteiger partial charge on any atom is -0.444 e. The molecule has 1 heterocycles. The summed E-state index contributed by atoms with van der Waals surface area (Å²) in [7, 11) is 0. The summed E-state index contributed by atoms with van der Waals surface area (Å²) in [6.07, 6.45) is 1.25. The Morgan fingerprint density at radius 2 is 2.06 bits per heavy atom. The molecule has 2 atom stereocenters. The summed E-state index contributed by atoms with van der Waals surface area (Å²) in [5.74, 6) is 0.488. The van der Waals surface area contributed by atoms with Gasteiger partial charge in [-0.25, -0.2) is 4.79 Å². The summed E-state index contributed by atoms with van der Waals surface area (Å²) in [6, 6.07) is 0.0276. The van der Waals surface area contributed by atoms with Gasteiger partial charge >= 0.3 is 6.09 Å². The van der Waals surface area contributed by atoms with E-state index >= 15 is 0 Å². The fourth-order valence-electron chi connectivity index (χ4n) is 1.78. The van der Waals surface area contributed by atoms with Crippen LogP contribution in [0.1, 0.15) is 33.1 Å². The van der Waals surface area contributed by atoms with E-state index in [2.05, 4.69) is 19.2 Å². The van der Waals surface area contributed by atoms with Crippen LogP contribution >= 0.6 is 34.8 Å². The van der Waals surface area contributed by atoms with Crippen LogP contribution in [0.2, 0.25) is 0 Å². The molecule has 16 heavy (non-hydrogen) atoms. The molecule has 0 spiro atoms. The number of alkyl halides is 3. The standard InChI is InChI=1S/C10H16Cl3NO2/c1-6(2)5-7-8(16-9(15)14-7)3-4-10(11,12)13/h6-8H,3-5H2,1-2H3,(H,14,15)/t7-,8-/m0/s1. The van der Waals surface area contributed by atoms with Gasteiger partial charge in [0.2, 0.25) is 0 Å². The Hall–Kier alpha value is 0.140. The van der Waals surface area contributed by atoms with Gasteiger partial charge in [-0.3, -0.25) is 0 Å². The van der Waals surface area contributed by atoms with Gasteiger partial charge in [0.25, 0.3) is 0 Å². The van der Waals surface area contributed by atoms with E-state index in [0.29, 0.717) is 18.8 Å². The van der Waals surface area contributed by atoms with Crippen LogP contribution < -0.4 is 5.32 Å². The van der Waals surface area contributed by atoms with Crippen molar-refractivity contribution in [2.24, 2.45) is 5.92 Å². The number of nitrogens with one attached hydrogen (secondary N) is 1. The SMILES string of the molecule is CC(C)C[C@@H]1NC(=O)O[C@H]1CCC(Cl)(Cl)Cl. The van der Waals surface area contributed by atoms with E-state index in [4.69, 9.17) is 39.5 Å². The zero-order chi connectivity index (χ0) is 12.3. The highest BCUT2D eigenvalue weighted by molar-refractivity contribution is 6.67. The lowest BCUT2D eigenvalue weighted by Gasteiger charge is -2.20. The van der Waals surface area contributed by atoms with Crippen molar-refractivity contribution < 1.29 is 9.53 Å². The molecular weight excluding hydrogens is 272 g/mol. The van der Waals surface area contributed by atoms with E-state index in [1.807, 2.05) is 0 Å². The predicted molar refractivity (Wildman–Crippen MR) is 66.2 cm³/mol. The van der Waals surface area contributed by atoms with Crippen molar-refractivity contribution >= 4 is 40.9 Å². The molecule has 0 aromatic heterocycles. The number of amides is 1. The van der Waals surface area contributed by atoms with Gasteiger partial charge in [-0.1, -0.05) is 48.7 Å². The first-order valence-corrected chi connectivity index (χ1v) is 6.45. The molecule has 6 heteroatoms. The van der Waals surface area contributed by atoms with E-state index in [-0.39, 0.29) is 18.2 Å². The molecule has 1 aliphatic heterocycles. The summed E-state index contributed by atoms with van der Waals surface area (Å²) in [5.41, 5.74) is 0. The molecule has 0 unspecified atom stereocenters. The largest absolute Gasteiger partial charge is 0.444 e. The van der Waals surface area contributed by atoms with Crippen molar-refractivity contribution in [1.82, 2.24) is 5.32 Å². The van der Waals surface area contributed by atoms with Gasteiger partial charge < -0.3 is 10.1 Å². The Kier molecular flexibility index (Phi) is 5.02. The first-order valence-electron chi connectivity index (χ1n) is 5.32. The van der Waals surface area contributed by atoms with E-state index in [0.717, 1.165) is 6.42 Å². The van der Waals surface area contributed by atoms with E-state index in [1.165, 1.54) is 0 Å². The van der Waals surface area contributed by atoms with Crippen molar-refractivity contribution in [1.29, 1.82) is 0 Å². The third-order valence-electron chi connectivity index (χ3n) is 2.45. The average molecular weight is 289 g/mol. The second kappa shape index (κ2) is 5.65. The molecule has 1 N–H and O–H groups in total. The lowest BCUT2D eigenvalue weighted by Crippen LogP contribution is -2.33. The van der Waals surface area contributed by atoms with Gasteiger partial charge in [-0.15, -0.1) is 0 Å². The van der Waals surface area contributed by atoms with Crippen molar-refractivity contribution in [3.05, 3.63) is 0 Å². The molecular formula is C10H16Cl3NO2. The Labute approximate surface area is 111 Å². The van der Waals surface area contributed by atoms with Crippen LogP contribution in [-0.4, -0.2) is 22.0 Å². The molecule has 0 saturated carbocycles. The Balaban J connectivity index is 2.46. The number of carbonyl (C=O) groups excluding carboxylic acids is 1. The molecule has 0 bridgehead atoms. The summed E-state index contributed by atoms with van der Waals surface area (Å²) in [4.78, 5) is 11.1. The molecule has 1 aliphatic rings. The predicted octanol–water partition coefficient (Wildman–Crippen LogP) is 3.66. The van der Waals surface area contributed by atoms with E-state index < -0.39 is 3.79 Å². The number of rotatable bonds is 4. The van der Waals surface area contributed by atoms with Crippen LogP contribution in [0.15, 0.2) is 0 Å². The van der Waals surface area contributed by atoms with Crippen molar-refractivity contribution in [2.45, 2.75) is 49.0 Å². The number of halogens is 3. The monoisotopic (exact) mass is 287 g/mol. The molecule has 3 nitrogen and oxygen atoms in total. The molecule has 0 aliphatic carbocycles. The highest BCUT2D eigenvalue weighted by atomic mass is 35.6. The third kappa shape index (κ3) is 4.98. The quantitative estimate of drug-likeness (QED) is 0.802. The van der Waals surface area contributed by atoms with Crippen molar-refractivity contribution in [3.8, 4) is 0 Å². The van der Waals surface area contributed by atoms with Gasteiger partial charge in [0, 0.05) is 0 Å². The molecule has 94 valence electrons. The summed E-state index contributed by atoms with van der Waals surface area (Å²) < 4.78 is 3.86. The number of alkyl carbamates (subject to hydrolysis) is 1. The van der Waals surface area contributed by atoms with E-state index in [1.54, 1.807) is 0 Å². The average Bonchev–Trinajstić information content (AvgIpc) is 2.40. The number of hydrogen-bond acceptors (Lipinski definition) is 2. The Morgan fingerprint density at radius 3 is 2.56 bits per heavy atom. The lowest BCUT2D eigenvalue weighted by atomic mass is 9.97. The molecule has 0 aromatic rings. The maximum Gasteiger partial charge on any atom is 0.407 e. The molecule has 1 saturated heterocycles. The third-order valence-corrected chi connectivity index (χ3v) is 3.02. The zero-order valence-corrected chi connectivity index (χ0v) is 11.6. The van der Waals surface area contributed by atoms with Crippen LogP contribution in [0.4, 0.5) is 4.79 Å². The highest BCUT2D eigenvalue weighted by Crippen LogP contribution is 2.33. The smallest absolute Gasteiger partial charge is 0.407 e. The zero-order valence-electron chi connectivity index (χ0n) is 9.30. The number of carbonyl (C=O) groups is 1. The van der Waals surface area contributed by atoms with Crippen molar-refractivity contribution in [3.63, 3.8) is 0 Å². The number of ether oxygens (including phenoxy) is 1. The first kappa shape index (κ1) is 14.2. The lowest BCUT2D eigenvalue weighted by molar-refractivity contribution is 0.121. The van der Waals surface area contributed by atoms with Gasteiger partial charge in [-0.05, 0) is 25.2 Å². The summed E-state index contributed by atoms with van der Waals surface area (Å²) in [6.45, 7) is 4.19. The summed E-state index contributed by atoms with van der Waals surface area (Å²) in [5, 5.41) is 2.78. The summed E-state index contributed by atoms with van der Waals surface area (Å²) >= 11 is 17.0. The second-order valence-electron chi connectivity index (χ2n) is 4.48. The second-order valence-corrected chi connectivity index (χ2v) is 6.99. The van der Waals surface area contributed by atoms with Gasteiger partial charge in [0.15, 0.2) is 3.79 Å². The van der Waals surface area contributed by atoms with Crippen LogP contribution in [0.3, 0.4) is 0 Å². The molecule has 0 aromatic carbocycles.